The summed E-state index contributed by atoms with van der Waals surface area (Å²) in [5.41, 5.74) is 1.19. The normalized spacial score (nSPS) is 18.9. The number of ether oxygens (including phenoxy) is 1. The lowest BCUT2D eigenvalue weighted by Gasteiger charge is -2.31. The van der Waals surface area contributed by atoms with E-state index in [0.29, 0.717) is 12.6 Å². The molecule has 1 aromatic heterocycles. The third-order valence-corrected chi connectivity index (χ3v) is 3.91. The Bertz CT molecular complexity index is 470. The van der Waals surface area contributed by atoms with Crippen LogP contribution in [0, 0.1) is 0 Å². The molecule has 0 saturated carbocycles. The Morgan fingerprint density at radius 3 is 2.95 bits per heavy atom. The number of nitrogens with zero attached hydrogens (tertiary/aromatic N) is 4. The highest BCUT2D eigenvalue weighted by Gasteiger charge is 2.23. The summed E-state index contributed by atoms with van der Waals surface area (Å²) in [7, 11) is 5.59. The van der Waals surface area contributed by atoms with Gasteiger partial charge in [0.15, 0.2) is 0 Å². The fraction of sp³-hybridized carbons (Fsp3) is 0.714. The number of amides is 1. The average molecular weight is 280 g/mol. The van der Waals surface area contributed by atoms with E-state index in [2.05, 4.69) is 28.4 Å². The summed E-state index contributed by atoms with van der Waals surface area (Å²) < 4.78 is 7.71. The number of imidazole rings is 1. The number of carbonyl (C=O) groups excluding carboxylic acids is 1. The Morgan fingerprint density at radius 1 is 1.50 bits per heavy atom. The zero-order chi connectivity index (χ0) is 14.7. The molecule has 0 aromatic carbocycles. The second kappa shape index (κ2) is 6.37. The summed E-state index contributed by atoms with van der Waals surface area (Å²) in [4.78, 5) is 19.8. The molecule has 0 N–H and O–H groups in total. The zero-order valence-electron chi connectivity index (χ0n) is 12.8. The molecule has 0 unspecified atom stereocenters. The van der Waals surface area contributed by atoms with Gasteiger partial charge in [-0.15, -0.1) is 0 Å². The lowest BCUT2D eigenvalue weighted by atomic mass is 10.2. The van der Waals surface area contributed by atoms with Gasteiger partial charge in [-0.2, -0.15) is 0 Å². The van der Waals surface area contributed by atoms with E-state index in [9.17, 15) is 4.79 Å². The minimum absolute atomic E-state index is 0.00411. The number of hydrogen-bond acceptors (Lipinski definition) is 4. The largest absolute Gasteiger partial charge is 0.371 e. The van der Waals surface area contributed by atoms with Gasteiger partial charge in [-0.3, -0.25) is 9.69 Å². The molecular formula is C14H24N4O2. The Hall–Kier alpha value is -1.40. The molecule has 0 radical (unpaired) electrons. The number of likely N-dealkylation sites (N-methyl/N-ethyl adjacent to an activating group) is 2. The van der Waals surface area contributed by atoms with E-state index >= 15 is 0 Å². The maximum Gasteiger partial charge on any atom is 0.248 e. The van der Waals surface area contributed by atoms with Gasteiger partial charge < -0.3 is 14.2 Å². The summed E-state index contributed by atoms with van der Waals surface area (Å²) >= 11 is 0. The molecule has 1 aromatic rings. The molecule has 112 valence electrons. The molecule has 0 saturated heterocycles. The van der Waals surface area contributed by atoms with Crippen LogP contribution in [-0.4, -0.2) is 66.2 Å². The molecule has 0 aliphatic carbocycles. The Morgan fingerprint density at radius 2 is 2.25 bits per heavy atom. The van der Waals surface area contributed by atoms with Crippen LogP contribution in [0.15, 0.2) is 6.20 Å². The maximum absolute atomic E-state index is 11.4. The first-order valence-electron chi connectivity index (χ1n) is 7.03. The van der Waals surface area contributed by atoms with E-state index < -0.39 is 0 Å². The first-order chi connectivity index (χ1) is 9.50. The molecule has 0 spiro atoms. The Labute approximate surface area is 120 Å². The molecule has 0 bridgehead atoms. The number of aromatic nitrogens is 2. The molecular weight excluding hydrogens is 256 g/mol. The minimum atomic E-state index is -0.00411. The van der Waals surface area contributed by atoms with Gasteiger partial charge in [0.1, 0.15) is 12.4 Å². The minimum Gasteiger partial charge on any atom is -0.371 e. The lowest BCUT2D eigenvalue weighted by Crippen LogP contribution is -2.34. The SMILES string of the molecule is C[C@H]1c2ncc(CCOCC(=O)N(C)C)n2CCN1C. The van der Waals surface area contributed by atoms with Gasteiger partial charge >= 0.3 is 0 Å². The van der Waals surface area contributed by atoms with Crippen LogP contribution < -0.4 is 0 Å². The van der Waals surface area contributed by atoms with Crippen molar-refractivity contribution >= 4 is 5.91 Å². The summed E-state index contributed by atoms with van der Waals surface area (Å²) in [6.45, 7) is 4.88. The van der Waals surface area contributed by atoms with E-state index in [1.54, 1.807) is 14.1 Å². The second-order valence-corrected chi connectivity index (χ2v) is 5.51. The summed E-state index contributed by atoms with van der Waals surface area (Å²) in [6, 6.07) is 0.355. The molecule has 2 rings (SSSR count). The van der Waals surface area contributed by atoms with E-state index in [1.807, 2.05) is 6.20 Å². The Balaban J connectivity index is 1.86. The second-order valence-electron chi connectivity index (χ2n) is 5.51. The molecule has 0 fully saturated rings. The predicted molar refractivity (Wildman–Crippen MR) is 76.5 cm³/mol. The molecule has 1 atom stereocenters. The van der Waals surface area contributed by atoms with Crippen LogP contribution >= 0.6 is 0 Å². The topological polar surface area (TPSA) is 50.6 Å². The summed E-state index contributed by atoms with van der Waals surface area (Å²) in [5, 5.41) is 0. The van der Waals surface area contributed by atoms with Crippen LogP contribution in [0.2, 0.25) is 0 Å². The fourth-order valence-electron chi connectivity index (χ4n) is 2.33. The maximum atomic E-state index is 11.4. The van der Waals surface area contributed by atoms with Crippen molar-refractivity contribution in [1.82, 2.24) is 19.4 Å². The van der Waals surface area contributed by atoms with Gasteiger partial charge in [0.05, 0.1) is 12.6 Å². The number of fused-ring (bicyclic) bond motifs is 1. The molecule has 1 amide bonds. The molecule has 1 aliphatic heterocycles. The van der Waals surface area contributed by atoms with Crippen LogP contribution in [0.1, 0.15) is 24.5 Å². The molecule has 1 aliphatic rings. The van der Waals surface area contributed by atoms with Crippen molar-refractivity contribution in [2.75, 3.05) is 40.9 Å². The zero-order valence-corrected chi connectivity index (χ0v) is 12.8. The van der Waals surface area contributed by atoms with E-state index in [0.717, 1.165) is 25.3 Å². The van der Waals surface area contributed by atoms with Crippen LogP contribution in [-0.2, 0) is 22.5 Å². The van der Waals surface area contributed by atoms with Gasteiger partial charge in [-0.25, -0.2) is 4.98 Å². The van der Waals surface area contributed by atoms with E-state index in [-0.39, 0.29) is 12.5 Å². The molecule has 20 heavy (non-hydrogen) atoms. The van der Waals surface area contributed by atoms with E-state index in [4.69, 9.17) is 4.74 Å². The molecule has 2 heterocycles. The van der Waals surface area contributed by atoms with Crippen molar-refractivity contribution in [3.63, 3.8) is 0 Å². The summed E-state index contributed by atoms with van der Waals surface area (Å²) in [6.07, 6.45) is 2.73. The first kappa shape index (κ1) is 15.0. The van der Waals surface area contributed by atoms with Crippen LogP contribution in [0.4, 0.5) is 0 Å². The van der Waals surface area contributed by atoms with Crippen molar-refractivity contribution in [2.24, 2.45) is 0 Å². The number of rotatable bonds is 5. The third-order valence-electron chi connectivity index (χ3n) is 3.91. The highest BCUT2D eigenvalue weighted by atomic mass is 16.5. The van der Waals surface area contributed by atoms with Gasteiger partial charge in [0, 0.05) is 45.5 Å². The van der Waals surface area contributed by atoms with E-state index in [1.165, 1.54) is 10.6 Å². The highest BCUT2D eigenvalue weighted by molar-refractivity contribution is 5.76. The monoisotopic (exact) mass is 280 g/mol. The smallest absolute Gasteiger partial charge is 0.248 e. The van der Waals surface area contributed by atoms with Crippen LogP contribution in [0.5, 0.6) is 0 Å². The standard InChI is InChI=1S/C14H24N4O2/c1-11-14-15-9-12(18(14)7-6-17(11)4)5-8-20-10-13(19)16(2)3/h9,11H,5-8,10H2,1-4H3/t11-/m0/s1. The fourth-order valence-corrected chi connectivity index (χ4v) is 2.33. The van der Waals surface area contributed by atoms with Crippen molar-refractivity contribution < 1.29 is 9.53 Å². The summed E-state index contributed by atoms with van der Waals surface area (Å²) in [5.74, 6) is 1.12. The van der Waals surface area contributed by atoms with Crippen LogP contribution in [0.25, 0.3) is 0 Å². The predicted octanol–water partition coefficient (Wildman–Crippen LogP) is 0.537. The number of carbonyl (C=O) groups is 1. The molecule has 6 heteroatoms. The van der Waals surface area contributed by atoms with Crippen LogP contribution in [0.3, 0.4) is 0 Å². The van der Waals surface area contributed by atoms with Gasteiger partial charge in [0.2, 0.25) is 5.91 Å². The lowest BCUT2D eigenvalue weighted by molar-refractivity contribution is -0.133. The number of hydrogen-bond donors (Lipinski definition) is 0. The van der Waals surface area contributed by atoms with Gasteiger partial charge in [-0.1, -0.05) is 0 Å². The first-order valence-corrected chi connectivity index (χ1v) is 7.03. The van der Waals surface area contributed by atoms with Crippen molar-refractivity contribution in [1.29, 1.82) is 0 Å². The highest BCUT2D eigenvalue weighted by Crippen LogP contribution is 2.23. The Kier molecular flexibility index (Phi) is 4.77. The van der Waals surface area contributed by atoms with Gasteiger partial charge in [-0.05, 0) is 14.0 Å². The average Bonchev–Trinajstić information content (AvgIpc) is 2.82. The quantitative estimate of drug-likeness (QED) is 0.739. The van der Waals surface area contributed by atoms with Crippen molar-refractivity contribution in [2.45, 2.75) is 25.9 Å². The van der Waals surface area contributed by atoms with Crippen molar-refractivity contribution in [3.8, 4) is 0 Å². The molecule has 6 nitrogen and oxygen atoms in total. The van der Waals surface area contributed by atoms with Crippen molar-refractivity contribution in [3.05, 3.63) is 17.7 Å². The third kappa shape index (κ3) is 3.19. The van der Waals surface area contributed by atoms with Gasteiger partial charge in [0.25, 0.3) is 0 Å².